The van der Waals surface area contributed by atoms with Crippen molar-refractivity contribution in [3.05, 3.63) is 30.1 Å². The first-order chi connectivity index (χ1) is 13.3. The van der Waals surface area contributed by atoms with Crippen molar-refractivity contribution in [2.75, 3.05) is 31.6 Å². The van der Waals surface area contributed by atoms with Crippen LogP contribution in [0, 0.1) is 5.92 Å². The Morgan fingerprint density at radius 2 is 2.00 bits per heavy atom. The van der Waals surface area contributed by atoms with Crippen LogP contribution in [0.1, 0.15) is 37.1 Å². The van der Waals surface area contributed by atoms with Gasteiger partial charge in [0.25, 0.3) is 0 Å². The summed E-state index contributed by atoms with van der Waals surface area (Å²) in [5.74, 6) is 2.48. The smallest absolute Gasteiger partial charge is 0.222 e. The molecule has 4 heterocycles. The van der Waals surface area contributed by atoms with Gasteiger partial charge in [-0.05, 0) is 44.7 Å². The molecule has 0 bridgehead atoms. The molecule has 2 aromatic heterocycles. The maximum atomic E-state index is 5.61. The van der Waals surface area contributed by atoms with Gasteiger partial charge in [0.05, 0.1) is 6.10 Å². The largest absolute Gasteiger partial charge is 0.376 e. The Labute approximate surface area is 160 Å². The summed E-state index contributed by atoms with van der Waals surface area (Å²) in [4.78, 5) is 11.4. The van der Waals surface area contributed by atoms with E-state index in [-0.39, 0.29) is 0 Å². The van der Waals surface area contributed by atoms with Crippen LogP contribution in [0.2, 0.25) is 0 Å². The Kier molecular flexibility index (Phi) is 5.94. The minimum atomic E-state index is 0.302. The van der Waals surface area contributed by atoms with Gasteiger partial charge in [0, 0.05) is 51.1 Å². The maximum Gasteiger partial charge on any atom is 0.222 e. The molecule has 2 aliphatic rings. The van der Waals surface area contributed by atoms with Crippen LogP contribution < -0.4 is 5.32 Å². The van der Waals surface area contributed by atoms with E-state index in [4.69, 9.17) is 4.74 Å². The summed E-state index contributed by atoms with van der Waals surface area (Å²) < 4.78 is 7.64. The van der Waals surface area contributed by atoms with Crippen LogP contribution in [0.15, 0.2) is 18.7 Å². The van der Waals surface area contributed by atoms with Crippen LogP contribution in [-0.4, -0.2) is 62.0 Å². The molecular weight excluding hydrogens is 342 g/mol. The fourth-order valence-corrected chi connectivity index (χ4v) is 3.90. The predicted octanol–water partition coefficient (Wildman–Crippen LogP) is 1.65. The van der Waals surface area contributed by atoms with Crippen molar-refractivity contribution < 1.29 is 4.74 Å². The number of anilines is 1. The van der Waals surface area contributed by atoms with Gasteiger partial charge >= 0.3 is 0 Å². The Morgan fingerprint density at radius 1 is 1.19 bits per heavy atom. The van der Waals surface area contributed by atoms with Gasteiger partial charge in [-0.3, -0.25) is 4.90 Å². The van der Waals surface area contributed by atoms with Crippen molar-refractivity contribution in [2.45, 2.75) is 44.8 Å². The molecule has 2 aromatic rings. The number of rotatable bonds is 7. The number of nitrogens with zero attached hydrogens (tertiary/aromatic N) is 6. The molecule has 0 unspecified atom stereocenters. The van der Waals surface area contributed by atoms with Crippen LogP contribution in [0.5, 0.6) is 0 Å². The summed E-state index contributed by atoms with van der Waals surface area (Å²) in [7, 11) is 2.02. The molecule has 8 nitrogen and oxygen atoms in total. The van der Waals surface area contributed by atoms with Gasteiger partial charge in [-0.25, -0.2) is 9.97 Å². The van der Waals surface area contributed by atoms with Gasteiger partial charge in [-0.2, -0.15) is 0 Å². The summed E-state index contributed by atoms with van der Waals surface area (Å²) in [5.41, 5.74) is 1.17. The molecule has 1 atom stereocenters. The van der Waals surface area contributed by atoms with Crippen LogP contribution >= 0.6 is 0 Å². The molecule has 27 heavy (non-hydrogen) atoms. The van der Waals surface area contributed by atoms with E-state index >= 15 is 0 Å². The lowest BCUT2D eigenvalue weighted by Crippen LogP contribution is -2.34. The lowest BCUT2D eigenvalue weighted by Gasteiger charge is -2.31. The summed E-state index contributed by atoms with van der Waals surface area (Å²) in [5, 5.41) is 11.5. The fraction of sp³-hybridized carbons (Fsp3) is 0.684. The third-order valence-corrected chi connectivity index (χ3v) is 5.61. The molecular formula is C19H29N7O. The first-order valence-corrected chi connectivity index (χ1v) is 9.98. The number of aryl methyl sites for hydroxylation is 1. The molecule has 0 amide bonds. The molecule has 1 N–H and O–H groups in total. The zero-order chi connectivity index (χ0) is 18.5. The fourth-order valence-electron chi connectivity index (χ4n) is 3.90. The minimum Gasteiger partial charge on any atom is -0.376 e. The van der Waals surface area contributed by atoms with Gasteiger partial charge in [-0.1, -0.05) is 0 Å². The second-order valence-corrected chi connectivity index (χ2v) is 7.71. The van der Waals surface area contributed by atoms with Gasteiger partial charge < -0.3 is 14.6 Å². The van der Waals surface area contributed by atoms with E-state index in [0.29, 0.717) is 18.0 Å². The molecule has 8 heteroatoms. The summed E-state index contributed by atoms with van der Waals surface area (Å²) in [6.45, 7) is 4.81. The first-order valence-electron chi connectivity index (χ1n) is 9.98. The highest BCUT2D eigenvalue weighted by atomic mass is 16.5. The lowest BCUT2D eigenvalue weighted by atomic mass is 9.93. The van der Waals surface area contributed by atoms with Crippen molar-refractivity contribution in [2.24, 2.45) is 13.0 Å². The van der Waals surface area contributed by atoms with E-state index in [1.54, 1.807) is 6.33 Å². The summed E-state index contributed by atoms with van der Waals surface area (Å²) in [6.07, 6.45) is 11.7. The van der Waals surface area contributed by atoms with Crippen LogP contribution in [0.3, 0.4) is 0 Å². The minimum absolute atomic E-state index is 0.302. The molecule has 146 valence electrons. The number of hydrogen-bond donors (Lipinski definition) is 1. The van der Waals surface area contributed by atoms with E-state index in [1.807, 2.05) is 24.0 Å². The molecule has 2 saturated heterocycles. The molecule has 2 aliphatic heterocycles. The second kappa shape index (κ2) is 8.75. The molecule has 0 aliphatic carbocycles. The molecule has 2 fully saturated rings. The van der Waals surface area contributed by atoms with Crippen molar-refractivity contribution in [3.63, 3.8) is 0 Å². The molecule has 0 radical (unpaired) electrons. The van der Waals surface area contributed by atoms with Crippen molar-refractivity contribution in [1.29, 1.82) is 0 Å². The monoisotopic (exact) mass is 371 g/mol. The Balaban J connectivity index is 1.20. The maximum absolute atomic E-state index is 5.61. The number of likely N-dealkylation sites (tertiary alicyclic amines) is 1. The number of hydrogen-bond acceptors (Lipinski definition) is 7. The van der Waals surface area contributed by atoms with Gasteiger partial charge in [-0.15, -0.1) is 10.2 Å². The topological polar surface area (TPSA) is 81.0 Å². The van der Waals surface area contributed by atoms with Gasteiger partial charge in [0.15, 0.2) is 0 Å². The van der Waals surface area contributed by atoms with Crippen LogP contribution in [-0.2, 0) is 24.8 Å². The predicted molar refractivity (Wildman–Crippen MR) is 102 cm³/mol. The van der Waals surface area contributed by atoms with E-state index in [1.165, 1.54) is 18.4 Å². The normalized spacial score (nSPS) is 21.6. The molecule has 4 rings (SSSR count). The van der Waals surface area contributed by atoms with Crippen LogP contribution in [0.25, 0.3) is 0 Å². The Morgan fingerprint density at radius 3 is 2.67 bits per heavy atom. The highest BCUT2D eigenvalue weighted by molar-refractivity contribution is 5.25. The standard InChI is InChI=1S/C19H29N7O/c1-25-14-23-24-18(25)9-15-4-6-26(7-5-15)13-16-10-20-19(21-11-16)22-12-17-3-2-8-27-17/h10-11,14-15,17H,2-9,12-13H2,1H3,(H,20,21,22)/t17-/m0/s1. The van der Waals surface area contributed by atoms with Gasteiger partial charge in [0.1, 0.15) is 12.2 Å². The molecule has 0 spiro atoms. The average molecular weight is 371 g/mol. The summed E-state index contributed by atoms with van der Waals surface area (Å²) in [6, 6.07) is 0. The third-order valence-electron chi connectivity index (χ3n) is 5.61. The van der Waals surface area contributed by atoms with E-state index < -0.39 is 0 Å². The van der Waals surface area contributed by atoms with Gasteiger partial charge in [0.2, 0.25) is 5.95 Å². The Hall–Kier alpha value is -2.06. The number of nitrogens with one attached hydrogen (secondary N) is 1. The third kappa shape index (κ3) is 5.01. The highest BCUT2D eigenvalue weighted by Crippen LogP contribution is 2.22. The van der Waals surface area contributed by atoms with Crippen molar-refractivity contribution in [3.8, 4) is 0 Å². The van der Waals surface area contributed by atoms with E-state index in [2.05, 4.69) is 30.4 Å². The van der Waals surface area contributed by atoms with E-state index in [9.17, 15) is 0 Å². The molecule has 0 aromatic carbocycles. The van der Waals surface area contributed by atoms with Crippen LogP contribution in [0.4, 0.5) is 5.95 Å². The van der Waals surface area contributed by atoms with Crippen molar-refractivity contribution >= 4 is 5.95 Å². The first kappa shape index (κ1) is 18.3. The average Bonchev–Trinajstić information content (AvgIpc) is 3.35. The zero-order valence-electron chi connectivity index (χ0n) is 16.0. The second-order valence-electron chi connectivity index (χ2n) is 7.71. The number of piperidine rings is 1. The highest BCUT2D eigenvalue weighted by Gasteiger charge is 2.21. The lowest BCUT2D eigenvalue weighted by molar-refractivity contribution is 0.120. The van der Waals surface area contributed by atoms with E-state index in [0.717, 1.165) is 57.9 Å². The zero-order valence-corrected chi connectivity index (χ0v) is 16.0. The quantitative estimate of drug-likeness (QED) is 0.792. The Bertz CT molecular complexity index is 703. The number of aromatic nitrogens is 5. The van der Waals surface area contributed by atoms with Crippen molar-refractivity contribution in [1.82, 2.24) is 29.6 Å². The summed E-state index contributed by atoms with van der Waals surface area (Å²) >= 11 is 0. The number of ether oxygens (including phenoxy) is 1. The SMILES string of the molecule is Cn1cnnc1CC1CCN(Cc2cnc(NC[C@@H]3CCCO3)nc2)CC1. The molecule has 0 saturated carbocycles.